The molecule has 1 aliphatic rings. The topological polar surface area (TPSA) is 63.9 Å². The molecule has 2 heterocycles. The smallest absolute Gasteiger partial charge is 0.287 e. The molecule has 1 atom stereocenters. The average molecular weight is 358 g/mol. The molecule has 0 saturated carbocycles. The van der Waals surface area contributed by atoms with Gasteiger partial charge in [-0.15, -0.1) is 0 Å². The number of likely N-dealkylation sites (tertiary alicyclic amines) is 1. The van der Waals surface area contributed by atoms with Gasteiger partial charge in [0.05, 0.1) is 26.5 Å². The molecule has 1 saturated heterocycles. The van der Waals surface area contributed by atoms with Crippen LogP contribution in [-0.2, 0) is 0 Å². The quantitative estimate of drug-likeness (QED) is 0.823. The van der Waals surface area contributed by atoms with E-state index < -0.39 is 0 Å². The van der Waals surface area contributed by atoms with E-state index in [4.69, 9.17) is 13.9 Å². The van der Waals surface area contributed by atoms with Gasteiger partial charge in [-0.05, 0) is 55.8 Å². The molecule has 6 heteroatoms. The number of ether oxygens (including phenoxy) is 2. The number of carbonyl (C=O) groups excluding carboxylic acids is 1. The van der Waals surface area contributed by atoms with Crippen LogP contribution in [0.1, 0.15) is 41.4 Å². The van der Waals surface area contributed by atoms with E-state index in [0.29, 0.717) is 23.8 Å². The number of nitrogens with one attached hydrogen (secondary N) is 1. The van der Waals surface area contributed by atoms with Crippen molar-refractivity contribution in [3.8, 4) is 11.5 Å². The molecule has 0 bridgehead atoms. The van der Waals surface area contributed by atoms with Gasteiger partial charge in [0.15, 0.2) is 17.3 Å². The summed E-state index contributed by atoms with van der Waals surface area (Å²) in [6.07, 6.45) is 5.12. The van der Waals surface area contributed by atoms with Crippen LogP contribution in [0.5, 0.6) is 11.5 Å². The van der Waals surface area contributed by atoms with Gasteiger partial charge in [-0.25, -0.2) is 0 Å². The van der Waals surface area contributed by atoms with Crippen molar-refractivity contribution in [1.82, 2.24) is 10.2 Å². The lowest BCUT2D eigenvalue weighted by molar-refractivity contribution is 0.0897. The fraction of sp³-hybridized carbons (Fsp3) is 0.450. The minimum Gasteiger partial charge on any atom is -0.493 e. The standard InChI is InChI=1S/C20H26N2O4/c1-24-17-9-8-15(13-19(17)25-2)16(22-10-4-3-5-11-22)14-21-20(23)18-7-6-12-26-18/h6-9,12-13,16H,3-5,10-11,14H2,1-2H3,(H,21,23). The Hall–Kier alpha value is -2.47. The van der Waals surface area contributed by atoms with Gasteiger partial charge in [-0.3, -0.25) is 9.69 Å². The first-order chi connectivity index (χ1) is 12.7. The van der Waals surface area contributed by atoms with Crippen molar-refractivity contribution in [2.24, 2.45) is 0 Å². The van der Waals surface area contributed by atoms with Crippen LogP contribution in [0, 0.1) is 0 Å². The van der Waals surface area contributed by atoms with Crippen LogP contribution in [0.15, 0.2) is 41.0 Å². The molecule has 0 radical (unpaired) electrons. The van der Waals surface area contributed by atoms with Crippen molar-refractivity contribution < 1.29 is 18.7 Å². The number of rotatable bonds is 7. The Morgan fingerprint density at radius 3 is 2.58 bits per heavy atom. The summed E-state index contributed by atoms with van der Waals surface area (Å²) in [5, 5.41) is 3.00. The maximum absolute atomic E-state index is 12.3. The molecular formula is C20H26N2O4. The average Bonchev–Trinajstić information content (AvgIpc) is 3.23. The zero-order chi connectivity index (χ0) is 18.4. The van der Waals surface area contributed by atoms with Gasteiger partial charge in [0, 0.05) is 6.54 Å². The number of piperidine rings is 1. The second kappa shape index (κ2) is 8.76. The number of hydrogen-bond donors (Lipinski definition) is 1. The monoisotopic (exact) mass is 358 g/mol. The molecule has 26 heavy (non-hydrogen) atoms. The van der Waals surface area contributed by atoms with Gasteiger partial charge in [0.2, 0.25) is 0 Å². The van der Waals surface area contributed by atoms with Crippen molar-refractivity contribution >= 4 is 5.91 Å². The number of hydrogen-bond acceptors (Lipinski definition) is 5. The highest BCUT2D eigenvalue weighted by Crippen LogP contribution is 2.32. The summed E-state index contributed by atoms with van der Waals surface area (Å²) in [6, 6.07) is 9.41. The third-order valence-corrected chi connectivity index (χ3v) is 4.82. The molecule has 2 aromatic rings. The van der Waals surface area contributed by atoms with Crippen LogP contribution in [-0.4, -0.2) is 44.7 Å². The summed E-state index contributed by atoms with van der Waals surface area (Å²) in [5.41, 5.74) is 1.10. The molecule has 1 aromatic heterocycles. The molecule has 0 aliphatic carbocycles. The Labute approximate surface area is 154 Å². The Morgan fingerprint density at radius 2 is 1.92 bits per heavy atom. The van der Waals surface area contributed by atoms with E-state index in [2.05, 4.69) is 10.2 Å². The Kier molecular flexibility index (Phi) is 6.17. The fourth-order valence-electron chi connectivity index (χ4n) is 3.43. The van der Waals surface area contributed by atoms with Gasteiger partial charge < -0.3 is 19.2 Å². The first kappa shape index (κ1) is 18.3. The van der Waals surface area contributed by atoms with Crippen molar-refractivity contribution in [1.29, 1.82) is 0 Å². The lowest BCUT2D eigenvalue weighted by Crippen LogP contribution is -2.40. The molecule has 1 aliphatic heterocycles. The van der Waals surface area contributed by atoms with Crippen molar-refractivity contribution in [3.63, 3.8) is 0 Å². The lowest BCUT2D eigenvalue weighted by atomic mass is 10.0. The lowest BCUT2D eigenvalue weighted by Gasteiger charge is -2.35. The molecule has 1 amide bonds. The molecule has 140 valence electrons. The minimum atomic E-state index is -0.197. The normalized spacial score (nSPS) is 16.1. The van der Waals surface area contributed by atoms with Crippen molar-refractivity contribution in [3.05, 3.63) is 47.9 Å². The highest BCUT2D eigenvalue weighted by Gasteiger charge is 2.24. The zero-order valence-electron chi connectivity index (χ0n) is 15.4. The summed E-state index contributed by atoms with van der Waals surface area (Å²) in [4.78, 5) is 14.7. The SMILES string of the molecule is COc1ccc(C(CNC(=O)c2ccco2)N2CCCCC2)cc1OC. The fourth-order valence-corrected chi connectivity index (χ4v) is 3.43. The van der Waals surface area contributed by atoms with E-state index in [9.17, 15) is 4.79 Å². The molecule has 3 rings (SSSR count). The molecular weight excluding hydrogens is 332 g/mol. The van der Waals surface area contributed by atoms with Crippen LogP contribution >= 0.6 is 0 Å². The number of benzene rings is 1. The van der Waals surface area contributed by atoms with Crippen LogP contribution in [0.25, 0.3) is 0 Å². The highest BCUT2D eigenvalue weighted by molar-refractivity contribution is 5.91. The van der Waals surface area contributed by atoms with Crippen LogP contribution in [0.3, 0.4) is 0 Å². The molecule has 1 N–H and O–H groups in total. The second-order valence-corrected chi connectivity index (χ2v) is 6.41. The molecule has 0 spiro atoms. The summed E-state index contributed by atoms with van der Waals surface area (Å²) < 4.78 is 16.0. The van der Waals surface area contributed by atoms with Gasteiger partial charge in [0.1, 0.15) is 0 Å². The first-order valence-electron chi connectivity index (χ1n) is 9.00. The van der Waals surface area contributed by atoms with E-state index in [0.717, 1.165) is 18.7 Å². The van der Waals surface area contributed by atoms with Gasteiger partial charge >= 0.3 is 0 Å². The minimum absolute atomic E-state index is 0.0778. The van der Waals surface area contributed by atoms with Crippen LogP contribution < -0.4 is 14.8 Å². The van der Waals surface area contributed by atoms with E-state index in [-0.39, 0.29) is 11.9 Å². The van der Waals surface area contributed by atoms with E-state index in [1.807, 2.05) is 18.2 Å². The van der Waals surface area contributed by atoms with Gasteiger partial charge in [0.25, 0.3) is 5.91 Å². The van der Waals surface area contributed by atoms with Crippen LogP contribution in [0.4, 0.5) is 0 Å². The van der Waals surface area contributed by atoms with Crippen LogP contribution in [0.2, 0.25) is 0 Å². The number of carbonyl (C=O) groups is 1. The predicted octanol–water partition coefficient (Wildman–Crippen LogP) is 3.25. The van der Waals surface area contributed by atoms with Gasteiger partial charge in [-0.1, -0.05) is 12.5 Å². The Morgan fingerprint density at radius 1 is 1.15 bits per heavy atom. The number of methoxy groups -OCH3 is 2. The summed E-state index contributed by atoms with van der Waals surface area (Å²) in [7, 11) is 3.26. The number of furan rings is 1. The highest BCUT2D eigenvalue weighted by atomic mass is 16.5. The summed E-state index contributed by atoms with van der Waals surface area (Å²) in [6.45, 7) is 2.56. The maximum atomic E-state index is 12.3. The molecule has 1 fully saturated rings. The Balaban J connectivity index is 1.79. The molecule has 1 aromatic carbocycles. The summed E-state index contributed by atoms with van der Waals surface area (Å²) in [5.74, 6) is 1.53. The number of amides is 1. The van der Waals surface area contributed by atoms with Crippen molar-refractivity contribution in [2.45, 2.75) is 25.3 Å². The summed E-state index contributed by atoms with van der Waals surface area (Å²) >= 11 is 0. The maximum Gasteiger partial charge on any atom is 0.287 e. The zero-order valence-corrected chi connectivity index (χ0v) is 15.4. The Bertz CT molecular complexity index is 709. The third-order valence-electron chi connectivity index (χ3n) is 4.82. The van der Waals surface area contributed by atoms with Crippen molar-refractivity contribution in [2.75, 3.05) is 33.9 Å². The van der Waals surface area contributed by atoms with E-state index in [1.54, 1.807) is 26.4 Å². The van der Waals surface area contributed by atoms with E-state index in [1.165, 1.54) is 25.5 Å². The first-order valence-corrected chi connectivity index (χ1v) is 9.00. The van der Waals surface area contributed by atoms with E-state index >= 15 is 0 Å². The number of nitrogens with zero attached hydrogens (tertiary/aromatic N) is 1. The third kappa shape index (κ3) is 4.19. The predicted molar refractivity (Wildman–Crippen MR) is 98.8 cm³/mol. The second-order valence-electron chi connectivity index (χ2n) is 6.41. The van der Waals surface area contributed by atoms with Gasteiger partial charge in [-0.2, -0.15) is 0 Å². The largest absolute Gasteiger partial charge is 0.493 e. The molecule has 6 nitrogen and oxygen atoms in total. The molecule has 1 unspecified atom stereocenters.